The molecule has 3 unspecified atom stereocenters. The lowest BCUT2D eigenvalue weighted by atomic mass is 10.0. The van der Waals surface area contributed by atoms with Crippen LogP contribution in [-0.4, -0.2) is 49.2 Å². The summed E-state index contributed by atoms with van der Waals surface area (Å²) in [5, 5.41) is 8.96. The van der Waals surface area contributed by atoms with E-state index < -0.39 is 6.04 Å². The van der Waals surface area contributed by atoms with Gasteiger partial charge in [-0.15, -0.1) is 0 Å². The molecule has 6 heteroatoms. The van der Waals surface area contributed by atoms with Crippen LogP contribution in [0.3, 0.4) is 0 Å². The molecular formula is C15H29N3O3. The molecule has 1 rings (SSSR count). The lowest BCUT2D eigenvalue weighted by Gasteiger charge is -2.25. The summed E-state index contributed by atoms with van der Waals surface area (Å²) in [5.41, 5.74) is -0.308. The number of carbonyl (C=O) groups excluding carboxylic acids is 2. The monoisotopic (exact) mass is 299 g/mol. The van der Waals surface area contributed by atoms with Crippen molar-refractivity contribution in [3.05, 3.63) is 0 Å². The molecule has 0 aliphatic carbocycles. The van der Waals surface area contributed by atoms with Crippen molar-refractivity contribution in [2.24, 2.45) is 5.92 Å². The summed E-state index contributed by atoms with van der Waals surface area (Å²) < 4.78 is 5.39. The molecule has 3 N–H and O–H groups in total. The van der Waals surface area contributed by atoms with Gasteiger partial charge in [0, 0.05) is 11.6 Å². The normalized spacial score (nSPS) is 23.7. The van der Waals surface area contributed by atoms with Crippen LogP contribution in [0.5, 0.6) is 0 Å². The van der Waals surface area contributed by atoms with Crippen molar-refractivity contribution in [1.29, 1.82) is 0 Å². The molecule has 0 aromatic rings. The Morgan fingerprint density at radius 2 is 1.95 bits per heavy atom. The Kier molecular flexibility index (Phi) is 6.61. The number of hydrogen-bond acceptors (Lipinski definition) is 4. The van der Waals surface area contributed by atoms with E-state index in [1.165, 1.54) is 0 Å². The van der Waals surface area contributed by atoms with Crippen LogP contribution in [0.15, 0.2) is 0 Å². The predicted molar refractivity (Wildman–Crippen MR) is 81.9 cm³/mol. The van der Waals surface area contributed by atoms with Crippen LogP contribution in [0.25, 0.3) is 0 Å². The molecule has 0 spiro atoms. The molecule has 0 saturated carbocycles. The first kappa shape index (κ1) is 17.9. The zero-order valence-electron chi connectivity index (χ0n) is 13.8. The van der Waals surface area contributed by atoms with E-state index in [1.54, 1.807) is 6.92 Å². The van der Waals surface area contributed by atoms with Crippen LogP contribution in [-0.2, 0) is 14.3 Å². The summed E-state index contributed by atoms with van der Waals surface area (Å²) >= 11 is 0. The van der Waals surface area contributed by atoms with E-state index in [9.17, 15) is 9.59 Å². The zero-order valence-corrected chi connectivity index (χ0v) is 13.8. The molecule has 1 fully saturated rings. The van der Waals surface area contributed by atoms with Gasteiger partial charge in [-0.3, -0.25) is 9.59 Å². The van der Waals surface area contributed by atoms with Gasteiger partial charge in [-0.05, 0) is 40.7 Å². The van der Waals surface area contributed by atoms with Crippen LogP contribution in [0, 0.1) is 5.92 Å². The number of ether oxygens (including phenoxy) is 1. The quantitative estimate of drug-likeness (QED) is 0.664. The maximum absolute atomic E-state index is 12.3. The highest BCUT2D eigenvalue weighted by Crippen LogP contribution is 2.14. The smallest absolute Gasteiger partial charge is 0.242 e. The average Bonchev–Trinajstić information content (AvgIpc) is 2.82. The van der Waals surface area contributed by atoms with Crippen molar-refractivity contribution in [1.82, 2.24) is 16.0 Å². The average molecular weight is 299 g/mol. The second kappa shape index (κ2) is 7.75. The molecule has 1 aliphatic heterocycles. The van der Waals surface area contributed by atoms with E-state index in [2.05, 4.69) is 22.9 Å². The maximum Gasteiger partial charge on any atom is 0.242 e. The van der Waals surface area contributed by atoms with E-state index >= 15 is 0 Å². The third kappa shape index (κ3) is 6.01. The van der Waals surface area contributed by atoms with Crippen molar-refractivity contribution >= 4 is 11.8 Å². The lowest BCUT2D eigenvalue weighted by molar-refractivity contribution is -0.131. The third-order valence-electron chi connectivity index (χ3n) is 3.32. The summed E-state index contributed by atoms with van der Waals surface area (Å²) in [5.74, 6) is -0.535. The Morgan fingerprint density at radius 1 is 1.29 bits per heavy atom. The van der Waals surface area contributed by atoms with Gasteiger partial charge in [0.25, 0.3) is 0 Å². The minimum atomic E-state index is -0.552. The number of hydrogen-bond donors (Lipinski definition) is 3. The number of nitrogens with one attached hydrogen (secondary N) is 3. The molecule has 0 aromatic heterocycles. The van der Waals surface area contributed by atoms with Gasteiger partial charge in [-0.2, -0.15) is 0 Å². The molecule has 0 aromatic carbocycles. The van der Waals surface area contributed by atoms with Crippen LogP contribution in [0.2, 0.25) is 0 Å². The third-order valence-corrected chi connectivity index (χ3v) is 3.32. The van der Waals surface area contributed by atoms with Crippen molar-refractivity contribution in [2.45, 2.75) is 58.7 Å². The topological polar surface area (TPSA) is 79.5 Å². The summed E-state index contributed by atoms with van der Waals surface area (Å²) in [7, 11) is 0. The Labute approximate surface area is 127 Å². The minimum absolute atomic E-state index is 0.0304. The van der Waals surface area contributed by atoms with Gasteiger partial charge in [0.05, 0.1) is 19.1 Å². The molecule has 0 radical (unpaired) electrons. The summed E-state index contributed by atoms with van der Waals surface area (Å²) in [4.78, 5) is 24.3. The Bertz CT molecular complexity index is 366. The second-order valence-electron chi connectivity index (χ2n) is 6.67. The van der Waals surface area contributed by atoms with Gasteiger partial charge in [-0.25, -0.2) is 0 Å². The van der Waals surface area contributed by atoms with Crippen LogP contribution >= 0.6 is 0 Å². The van der Waals surface area contributed by atoms with Gasteiger partial charge in [0.1, 0.15) is 6.04 Å². The van der Waals surface area contributed by atoms with Gasteiger partial charge in [0.15, 0.2) is 0 Å². The lowest BCUT2D eigenvalue weighted by Crippen LogP contribution is -2.53. The number of rotatable bonds is 6. The SMILES string of the molecule is CCCNC1COCC1C(=O)NC(C)C(=O)NC(C)(C)C. The highest BCUT2D eigenvalue weighted by molar-refractivity contribution is 5.88. The second-order valence-corrected chi connectivity index (χ2v) is 6.67. The zero-order chi connectivity index (χ0) is 16.0. The molecular weight excluding hydrogens is 270 g/mol. The highest BCUT2D eigenvalue weighted by Gasteiger charge is 2.34. The molecule has 1 heterocycles. The van der Waals surface area contributed by atoms with E-state index in [4.69, 9.17) is 4.74 Å². The molecule has 21 heavy (non-hydrogen) atoms. The van der Waals surface area contributed by atoms with Crippen molar-refractivity contribution in [3.8, 4) is 0 Å². The van der Waals surface area contributed by atoms with Crippen LogP contribution < -0.4 is 16.0 Å². The first-order chi connectivity index (χ1) is 9.74. The first-order valence-corrected chi connectivity index (χ1v) is 7.68. The maximum atomic E-state index is 12.3. The molecule has 0 bridgehead atoms. The summed E-state index contributed by atoms with van der Waals surface area (Å²) in [6.07, 6.45) is 1.01. The van der Waals surface area contributed by atoms with Gasteiger partial charge in [0.2, 0.25) is 11.8 Å². The van der Waals surface area contributed by atoms with Crippen molar-refractivity contribution in [3.63, 3.8) is 0 Å². The Balaban J connectivity index is 2.49. The highest BCUT2D eigenvalue weighted by atomic mass is 16.5. The predicted octanol–water partition coefficient (Wildman–Crippen LogP) is 0.420. The fraction of sp³-hybridized carbons (Fsp3) is 0.867. The number of carbonyl (C=O) groups is 2. The van der Waals surface area contributed by atoms with E-state index in [0.717, 1.165) is 13.0 Å². The molecule has 122 valence electrons. The molecule has 2 amide bonds. The fourth-order valence-electron chi connectivity index (χ4n) is 2.21. The Hall–Kier alpha value is -1.14. The van der Waals surface area contributed by atoms with Gasteiger partial charge < -0.3 is 20.7 Å². The number of amides is 2. The van der Waals surface area contributed by atoms with E-state index in [1.807, 2.05) is 20.8 Å². The summed E-state index contributed by atoms with van der Waals surface area (Å²) in [6.45, 7) is 11.3. The molecule has 1 aliphatic rings. The van der Waals surface area contributed by atoms with Crippen molar-refractivity contribution < 1.29 is 14.3 Å². The first-order valence-electron chi connectivity index (χ1n) is 7.68. The minimum Gasteiger partial charge on any atom is -0.379 e. The van der Waals surface area contributed by atoms with Crippen LogP contribution in [0.1, 0.15) is 41.0 Å². The van der Waals surface area contributed by atoms with Crippen LogP contribution in [0.4, 0.5) is 0 Å². The molecule has 3 atom stereocenters. The van der Waals surface area contributed by atoms with Gasteiger partial charge in [-0.1, -0.05) is 6.92 Å². The van der Waals surface area contributed by atoms with E-state index in [-0.39, 0.29) is 29.3 Å². The van der Waals surface area contributed by atoms with Gasteiger partial charge >= 0.3 is 0 Å². The van der Waals surface area contributed by atoms with Crippen molar-refractivity contribution in [2.75, 3.05) is 19.8 Å². The standard InChI is InChI=1S/C15H29N3O3/c1-6-7-16-12-9-21-8-11(12)14(20)17-10(2)13(19)18-15(3,4)5/h10-12,16H,6-9H2,1-5H3,(H,17,20)(H,18,19). The van der Waals surface area contributed by atoms with E-state index in [0.29, 0.717) is 13.2 Å². The largest absolute Gasteiger partial charge is 0.379 e. The Morgan fingerprint density at radius 3 is 2.52 bits per heavy atom. The molecule has 6 nitrogen and oxygen atoms in total. The fourth-order valence-corrected chi connectivity index (χ4v) is 2.21. The summed E-state index contributed by atoms with van der Waals surface area (Å²) in [6, 6.07) is -0.521. The molecule has 1 saturated heterocycles.